The maximum Gasteiger partial charge on any atom is 0.228 e. The smallest absolute Gasteiger partial charge is 0.228 e. The van der Waals surface area contributed by atoms with Gasteiger partial charge in [-0.1, -0.05) is 20.8 Å². The van der Waals surface area contributed by atoms with E-state index in [1.54, 1.807) is 0 Å². The third-order valence-electron chi connectivity index (χ3n) is 3.47. The standard InChI is InChI=1S/C12H22N2O/c1-12(2,3)11(15)14-7-9-4-5-10(8-14)13-6-9/h9-10,13H,4-8H2,1-3H3. The topological polar surface area (TPSA) is 32.3 Å². The van der Waals surface area contributed by atoms with Crippen LogP contribution < -0.4 is 5.32 Å². The molecule has 86 valence electrons. The summed E-state index contributed by atoms with van der Waals surface area (Å²) in [5, 5.41) is 3.52. The SMILES string of the molecule is CC(C)(C)C(=O)N1CC2CCC(C1)NC2. The predicted octanol–water partition coefficient (Wildman–Crippen LogP) is 1.24. The van der Waals surface area contributed by atoms with E-state index in [4.69, 9.17) is 0 Å². The van der Waals surface area contributed by atoms with Gasteiger partial charge >= 0.3 is 0 Å². The molecular formula is C12H22N2O. The second-order valence-electron chi connectivity index (χ2n) is 6.01. The van der Waals surface area contributed by atoms with Crippen LogP contribution in [0.3, 0.4) is 0 Å². The molecule has 3 saturated heterocycles. The van der Waals surface area contributed by atoms with Crippen LogP contribution in [0, 0.1) is 11.3 Å². The molecular weight excluding hydrogens is 188 g/mol. The molecule has 2 atom stereocenters. The first-order valence-corrected chi connectivity index (χ1v) is 5.99. The highest BCUT2D eigenvalue weighted by Gasteiger charge is 2.35. The number of rotatable bonds is 0. The summed E-state index contributed by atoms with van der Waals surface area (Å²) in [5.41, 5.74) is -0.232. The van der Waals surface area contributed by atoms with Crippen LogP contribution in [0.1, 0.15) is 33.6 Å². The number of piperidine rings is 1. The molecule has 0 spiro atoms. The number of hydrogen-bond acceptors (Lipinski definition) is 2. The van der Waals surface area contributed by atoms with Crippen LogP contribution in [0.15, 0.2) is 0 Å². The Labute approximate surface area is 92.2 Å². The van der Waals surface area contributed by atoms with Gasteiger partial charge in [0.25, 0.3) is 0 Å². The summed E-state index contributed by atoms with van der Waals surface area (Å²) in [6.45, 7) is 8.99. The molecule has 1 N–H and O–H groups in total. The first-order chi connectivity index (χ1) is 6.97. The van der Waals surface area contributed by atoms with Crippen LogP contribution in [0.5, 0.6) is 0 Å². The molecule has 15 heavy (non-hydrogen) atoms. The van der Waals surface area contributed by atoms with Crippen molar-refractivity contribution in [1.82, 2.24) is 10.2 Å². The van der Waals surface area contributed by atoms with Crippen LogP contribution in [0.25, 0.3) is 0 Å². The number of carbonyl (C=O) groups excluding carboxylic acids is 1. The van der Waals surface area contributed by atoms with Crippen LogP contribution in [0.2, 0.25) is 0 Å². The number of hydrogen-bond donors (Lipinski definition) is 1. The summed E-state index contributed by atoms with van der Waals surface area (Å²) in [7, 11) is 0. The van der Waals surface area contributed by atoms with Crippen molar-refractivity contribution in [2.24, 2.45) is 11.3 Å². The summed E-state index contributed by atoms with van der Waals surface area (Å²) in [6, 6.07) is 0.537. The molecule has 0 aromatic heterocycles. The van der Waals surface area contributed by atoms with Crippen molar-refractivity contribution >= 4 is 5.91 Å². The molecule has 0 aromatic carbocycles. The lowest BCUT2D eigenvalue weighted by atomic mass is 9.94. The van der Waals surface area contributed by atoms with Gasteiger partial charge in [-0.15, -0.1) is 0 Å². The zero-order valence-corrected chi connectivity index (χ0v) is 10.0. The summed E-state index contributed by atoms with van der Waals surface area (Å²) in [6.07, 6.45) is 2.52. The second kappa shape index (κ2) is 3.78. The predicted molar refractivity (Wildman–Crippen MR) is 60.5 cm³/mol. The van der Waals surface area contributed by atoms with Gasteiger partial charge in [0.2, 0.25) is 5.91 Å². The largest absolute Gasteiger partial charge is 0.340 e. The van der Waals surface area contributed by atoms with Crippen molar-refractivity contribution in [3.05, 3.63) is 0 Å². The minimum Gasteiger partial charge on any atom is -0.340 e. The molecule has 0 aromatic rings. The Morgan fingerprint density at radius 3 is 2.53 bits per heavy atom. The van der Waals surface area contributed by atoms with E-state index in [9.17, 15) is 4.79 Å². The summed E-state index contributed by atoms with van der Waals surface area (Å²) >= 11 is 0. The maximum atomic E-state index is 12.2. The number of nitrogens with one attached hydrogen (secondary N) is 1. The molecule has 2 bridgehead atoms. The minimum atomic E-state index is -0.232. The van der Waals surface area contributed by atoms with E-state index in [1.807, 2.05) is 20.8 Å². The van der Waals surface area contributed by atoms with E-state index in [1.165, 1.54) is 12.8 Å². The van der Waals surface area contributed by atoms with E-state index in [0.29, 0.717) is 17.9 Å². The molecule has 1 amide bonds. The fourth-order valence-electron chi connectivity index (χ4n) is 2.58. The molecule has 0 aliphatic carbocycles. The van der Waals surface area contributed by atoms with Gasteiger partial charge in [-0.05, 0) is 25.3 Å². The van der Waals surface area contributed by atoms with Crippen LogP contribution in [-0.2, 0) is 4.79 Å². The van der Waals surface area contributed by atoms with Crippen molar-refractivity contribution < 1.29 is 4.79 Å². The fraction of sp³-hybridized carbons (Fsp3) is 0.917. The minimum absolute atomic E-state index is 0.232. The van der Waals surface area contributed by atoms with E-state index in [0.717, 1.165) is 19.6 Å². The van der Waals surface area contributed by atoms with Crippen molar-refractivity contribution in [2.75, 3.05) is 19.6 Å². The monoisotopic (exact) mass is 210 g/mol. The lowest BCUT2D eigenvalue weighted by Crippen LogP contribution is -2.44. The van der Waals surface area contributed by atoms with E-state index >= 15 is 0 Å². The molecule has 0 saturated carbocycles. The van der Waals surface area contributed by atoms with Crippen molar-refractivity contribution in [3.8, 4) is 0 Å². The first-order valence-electron chi connectivity index (χ1n) is 5.99. The molecule has 3 heterocycles. The van der Waals surface area contributed by atoms with Gasteiger partial charge < -0.3 is 10.2 Å². The molecule has 3 rings (SSSR count). The Bertz CT molecular complexity index is 235. The molecule has 3 aliphatic rings. The van der Waals surface area contributed by atoms with Crippen molar-refractivity contribution in [3.63, 3.8) is 0 Å². The quantitative estimate of drug-likeness (QED) is 0.652. The molecule has 3 fully saturated rings. The number of fused-ring (bicyclic) bond motifs is 4. The number of amides is 1. The van der Waals surface area contributed by atoms with Gasteiger partial charge in [0.15, 0.2) is 0 Å². The molecule has 3 nitrogen and oxygen atoms in total. The zero-order valence-electron chi connectivity index (χ0n) is 10.0. The highest BCUT2D eigenvalue weighted by Crippen LogP contribution is 2.25. The Morgan fingerprint density at radius 2 is 2.00 bits per heavy atom. The Balaban J connectivity index is 2.07. The van der Waals surface area contributed by atoms with Gasteiger partial charge in [0, 0.05) is 24.5 Å². The van der Waals surface area contributed by atoms with Crippen LogP contribution in [0.4, 0.5) is 0 Å². The lowest BCUT2D eigenvalue weighted by molar-refractivity contribution is -0.139. The average Bonchev–Trinajstić information content (AvgIpc) is 2.47. The second-order valence-corrected chi connectivity index (χ2v) is 6.01. The van der Waals surface area contributed by atoms with Crippen molar-refractivity contribution in [2.45, 2.75) is 39.7 Å². The molecule has 0 radical (unpaired) electrons. The maximum absolute atomic E-state index is 12.2. The van der Waals surface area contributed by atoms with Gasteiger partial charge in [-0.25, -0.2) is 0 Å². The van der Waals surface area contributed by atoms with E-state index in [2.05, 4.69) is 10.2 Å². The van der Waals surface area contributed by atoms with Gasteiger partial charge in [0.05, 0.1) is 0 Å². The lowest BCUT2D eigenvalue weighted by Gasteiger charge is -2.29. The van der Waals surface area contributed by atoms with Crippen LogP contribution >= 0.6 is 0 Å². The summed E-state index contributed by atoms with van der Waals surface area (Å²) in [4.78, 5) is 14.3. The van der Waals surface area contributed by atoms with E-state index in [-0.39, 0.29) is 5.41 Å². The van der Waals surface area contributed by atoms with E-state index < -0.39 is 0 Å². The molecule has 2 unspecified atom stereocenters. The normalized spacial score (nSPS) is 31.5. The number of carbonyl (C=O) groups is 1. The Hall–Kier alpha value is -0.570. The zero-order chi connectivity index (χ0) is 11.1. The third-order valence-corrected chi connectivity index (χ3v) is 3.47. The highest BCUT2D eigenvalue weighted by molar-refractivity contribution is 5.81. The Morgan fingerprint density at radius 1 is 1.27 bits per heavy atom. The summed E-state index contributed by atoms with van der Waals surface area (Å²) in [5.74, 6) is 0.984. The number of nitrogens with zero attached hydrogens (tertiary/aromatic N) is 1. The van der Waals surface area contributed by atoms with Gasteiger partial charge in [-0.3, -0.25) is 4.79 Å². The summed E-state index contributed by atoms with van der Waals surface area (Å²) < 4.78 is 0. The Kier molecular flexibility index (Phi) is 2.75. The van der Waals surface area contributed by atoms with Gasteiger partial charge in [-0.2, -0.15) is 0 Å². The average molecular weight is 210 g/mol. The third kappa shape index (κ3) is 2.33. The molecule has 3 aliphatic heterocycles. The van der Waals surface area contributed by atoms with Crippen molar-refractivity contribution in [1.29, 1.82) is 0 Å². The first kappa shape index (κ1) is 10.9. The fourth-order valence-corrected chi connectivity index (χ4v) is 2.58. The molecule has 3 heteroatoms. The highest BCUT2D eigenvalue weighted by atomic mass is 16.2. The van der Waals surface area contributed by atoms with Crippen LogP contribution in [-0.4, -0.2) is 36.5 Å². The van der Waals surface area contributed by atoms with Gasteiger partial charge in [0.1, 0.15) is 0 Å².